The molecule has 1 unspecified atom stereocenters. The number of aromatic nitrogens is 3. The van der Waals surface area contributed by atoms with E-state index in [-0.39, 0.29) is 0 Å². The van der Waals surface area contributed by atoms with Crippen molar-refractivity contribution in [3.8, 4) is 0 Å². The second-order valence-corrected chi connectivity index (χ2v) is 5.53. The molecular formula is C16H22N4. The lowest BCUT2D eigenvalue weighted by Crippen LogP contribution is -2.33. The van der Waals surface area contributed by atoms with Gasteiger partial charge in [0.2, 0.25) is 0 Å². The van der Waals surface area contributed by atoms with Crippen molar-refractivity contribution in [3.05, 3.63) is 48.0 Å². The van der Waals surface area contributed by atoms with Crippen molar-refractivity contribution in [2.45, 2.75) is 38.8 Å². The van der Waals surface area contributed by atoms with Crippen LogP contribution in [0, 0.1) is 0 Å². The van der Waals surface area contributed by atoms with Crippen molar-refractivity contribution in [2.24, 2.45) is 0 Å². The van der Waals surface area contributed by atoms with Crippen molar-refractivity contribution in [1.29, 1.82) is 0 Å². The predicted molar refractivity (Wildman–Crippen MR) is 79.4 cm³/mol. The van der Waals surface area contributed by atoms with Crippen LogP contribution in [0.4, 0.5) is 0 Å². The molecule has 0 amide bonds. The van der Waals surface area contributed by atoms with E-state index < -0.39 is 0 Å². The Morgan fingerprint density at radius 1 is 1.10 bits per heavy atom. The topological polar surface area (TPSA) is 34.0 Å². The monoisotopic (exact) mass is 270 g/mol. The number of benzene rings is 1. The molecule has 0 spiro atoms. The zero-order chi connectivity index (χ0) is 13.8. The summed E-state index contributed by atoms with van der Waals surface area (Å²) in [6.07, 6.45) is 5.65. The van der Waals surface area contributed by atoms with Gasteiger partial charge in [0.05, 0.1) is 12.6 Å². The molecule has 4 nitrogen and oxygen atoms in total. The van der Waals surface area contributed by atoms with E-state index in [9.17, 15) is 0 Å². The highest BCUT2D eigenvalue weighted by Gasteiger charge is 2.22. The highest BCUT2D eigenvalue weighted by Crippen LogP contribution is 2.22. The van der Waals surface area contributed by atoms with Crippen molar-refractivity contribution < 1.29 is 0 Å². The molecule has 20 heavy (non-hydrogen) atoms. The molecule has 1 aromatic heterocycles. The van der Waals surface area contributed by atoms with E-state index >= 15 is 0 Å². The van der Waals surface area contributed by atoms with Crippen LogP contribution in [0.25, 0.3) is 0 Å². The summed E-state index contributed by atoms with van der Waals surface area (Å²) in [5.74, 6) is 1.08. The summed E-state index contributed by atoms with van der Waals surface area (Å²) in [6, 6.07) is 10.8. The first-order chi connectivity index (χ1) is 9.84. The van der Waals surface area contributed by atoms with Gasteiger partial charge in [-0.15, -0.1) is 0 Å². The maximum atomic E-state index is 4.50. The number of nitrogens with zero attached hydrogens (tertiary/aromatic N) is 4. The lowest BCUT2D eigenvalue weighted by atomic mass is 10.1. The van der Waals surface area contributed by atoms with E-state index in [0.717, 1.165) is 12.4 Å². The molecule has 0 aliphatic carbocycles. The summed E-state index contributed by atoms with van der Waals surface area (Å²) in [6.45, 7) is 5.41. The lowest BCUT2D eigenvalue weighted by Gasteiger charge is -2.31. The van der Waals surface area contributed by atoms with E-state index in [1.165, 1.54) is 37.9 Å². The zero-order valence-corrected chi connectivity index (χ0v) is 12.1. The Balaban J connectivity index is 1.75. The summed E-state index contributed by atoms with van der Waals surface area (Å²) in [7, 11) is 0. The fraction of sp³-hybridized carbons (Fsp3) is 0.500. The van der Waals surface area contributed by atoms with E-state index in [2.05, 4.69) is 46.2 Å². The lowest BCUT2D eigenvalue weighted by molar-refractivity contribution is 0.165. The molecule has 2 aromatic rings. The molecule has 0 saturated carbocycles. The van der Waals surface area contributed by atoms with Crippen LogP contribution >= 0.6 is 0 Å². The van der Waals surface area contributed by atoms with Gasteiger partial charge in [0.25, 0.3) is 0 Å². The predicted octanol–water partition coefficient (Wildman–Crippen LogP) is 2.87. The Labute approximate surface area is 120 Å². The van der Waals surface area contributed by atoms with Crippen molar-refractivity contribution >= 4 is 0 Å². The van der Waals surface area contributed by atoms with Crippen LogP contribution in [0.2, 0.25) is 0 Å². The molecule has 106 valence electrons. The third kappa shape index (κ3) is 2.90. The van der Waals surface area contributed by atoms with E-state index in [1.54, 1.807) is 6.33 Å². The summed E-state index contributed by atoms with van der Waals surface area (Å²) in [5, 5.41) is 4.41. The average molecular weight is 270 g/mol. The van der Waals surface area contributed by atoms with Gasteiger partial charge < -0.3 is 0 Å². The van der Waals surface area contributed by atoms with Gasteiger partial charge in [-0.2, -0.15) is 5.10 Å². The van der Waals surface area contributed by atoms with Gasteiger partial charge in [-0.25, -0.2) is 9.67 Å². The Hall–Kier alpha value is -1.68. The Morgan fingerprint density at radius 3 is 2.60 bits per heavy atom. The number of hydrogen-bond donors (Lipinski definition) is 0. The van der Waals surface area contributed by atoms with Crippen LogP contribution in [-0.4, -0.2) is 32.8 Å². The minimum atomic E-state index is 0.349. The third-order valence-corrected chi connectivity index (χ3v) is 4.13. The van der Waals surface area contributed by atoms with Gasteiger partial charge in [-0.1, -0.05) is 36.8 Å². The standard InChI is InChI=1S/C16H22N4/c1-14(19-10-6-3-7-11-19)16-17-13-18-20(16)12-15-8-4-2-5-9-15/h2,4-5,8-9,13-14H,3,6-7,10-12H2,1H3. The second-order valence-electron chi connectivity index (χ2n) is 5.53. The number of rotatable bonds is 4. The van der Waals surface area contributed by atoms with Gasteiger partial charge in [-0.05, 0) is 38.4 Å². The molecule has 1 saturated heterocycles. The van der Waals surface area contributed by atoms with Crippen molar-refractivity contribution in [2.75, 3.05) is 13.1 Å². The second kappa shape index (κ2) is 6.18. The molecule has 3 rings (SSSR count). The van der Waals surface area contributed by atoms with Gasteiger partial charge in [-0.3, -0.25) is 4.90 Å². The molecule has 1 aromatic carbocycles. The van der Waals surface area contributed by atoms with Crippen LogP contribution in [0.3, 0.4) is 0 Å². The maximum Gasteiger partial charge on any atom is 0.144 e. The summed E-state index contributed by atoms with van der Waals surface area (Å²) >= 11 is 0. The minimum absolute atomic E-state index is 0.349. The third-order valence-electron chi connectivity index (χ3n) is 4.13. The first-order valence-electron chi connectivity index (χ1n) is 7.50. The Bertz CT molecular complexity index is 528. The van der Waals surface area contributed by atoms with Crippen LogP contribution in [0.1, 0.15) is 43.6 Å². The Kier molecular flexibility index (Phi) is 4.11. The molecule has 1 aliphatic rings. The molecule has 1 atom stereocenters. The fourth-order valence-electron chi connectivity index (χ4n) is 2.94. The summed E-state index contributed by atoms with van der Waals surface area (Å²) in [4.78, 5) is 7.02. The number of hydrogen-bond acceptors (Lipinski definition) is 3. The zero-order valence-electron chi connectivity index (χ0n) is 12.1. The number of likely N-dealkylation sites (tertiary alicyclic amines) is 1. The SMILES string of the molecule is CC(c1ncnn1Cc1ccccc1)N1CCCCC1. The van der Waals surface area contributed by atoms with Crippen LogP contribution in [-0.2, 0) is 6.54 Å². The first kappa shape index (κ1) is 13.3. The Morgan fingerprint density at radius 2 is 1.85 bits per heavy atom. The highest BCUT2D eigenvalue weighted by molar-refractivity contribution is 5.15. The molecular weight excluding hydrogens is 248 g/mol. The molecule has 0 bridgehead atoms. The van der Waals surface area contributed by atoms with Gasteiger partial charge >= 0.3 is 0 Å². The van der Waals surface area contributed by atoms with Gasteiger partial charge in [0.1, 0.15) is 12.2 Å². The molecule has 0 radical (unpaired) electrons. The van der Waals surface area contributed by atoms with E-state index in [1.807, 2.05) is 10.7 Å². The maximum absolute atomic E-state index is 4.50. The highest BCUT2D eigenvalue weighted by atomic mass is 15.4. The average Bonchev–Trinajstić information content (AvgIpc) is 2.96. The molecule has 1 fully saturated rings. The fourth-order valence-corrected chi connectivity index (χ4v) is 2.94. The largest absolute Gasteiger partial charge is 0.294 e. The van der Waals surface area contributed by atoms with Crippen LogP contribution < -0.4 is 0 Å². The molecule has 4 heteroatoms. The summed E-state index contributed by atoms with van der Waals surface area (Å²) < 4.78 is 2.04. The normalized spacial score (nSPS) is 18.1. The number of piperidine rings is 1. The van der Waals surface area contributed by atoms with Crippen LogP contribution in [0.15, 0.2) is 36.7 Å². The molecule has 0 N–H and O–H groups in total. The van der Waals surface area contributed by atoms with E-state index in [4.69, 9.17) is 0 Å². The van der Waals surface area contributed by atoms with Gasteiger partial charge in [0.15, 0.2) is 0 Å². The summed E-state index contributed by atoms with van der Waals surface area (Å²) in [5.41, 5.74) is 1.27. The molecule has 2 heterocycles. The first-order valence-corrected chi connectivity index (χ1v) is 7.50. The minimum Gasteiger partial charge on any atom is -0.294 e. The quantitative estimate of drug-likeness (QED) is 0.856. The van der Waals surface area contributed by atoms with Crippen LogP contribution in [0.5, 0.6) is 0 Å². The van der Waals surface area contributed by atoms with E-state index in [0.29, 0.717) is 6.04 Å². The smallest absolute Gasteiger partial charge is 0.144 e. The van der Waals surface area contributed by atoms with Crippen molar-refractivity contribution in [3.63, 3.8) is 0 Å². The molecule has 1 aliphatic heterocycles. The van der Waals surface area contributed by atoms with Gasteiger partial charge in [0, 0.05) is 0 Å². The van der Waals surface area contributed by atoms with Crippen molar-refractivity contribution in [1.82, 2.24) is 19.7 Å².